The maximum absolute atomic E-state index is 14.3. The van der Waals surface area contributed by atoms with E-state index in [4.69, 9.17) is 5.10 Å². The number of aromatic nitrogens is 2. The number of hydrogen-bond acceptors (Lipinski definition) is 3. The van der Waals surface area contributed by atoms with Crippen LogP contribution in [-0.4, -0.2) is 33.2 Å². The maximum Gasteiger partial charge on any atom is 0.322 e. The fourth-order valence-electron chi connectivity index (χ4n) is 4.21. The van der Waals surface area contributed by atoms with Gasteiger partial charge in [-0.3, -0.25) is 4.79 Å². The summed E-state index contributed by atoms with van der Waals surface area (Å²) in [5, 5.41) is 10.1. The molecule has 0 saturated heterocycles. The van der Waals surface area contributed by atoms with Crippen LogP contribution in [0.2, 0.25) is 0 Å². The van der Waals surface area contributed by atoms with Crippen LogP contribution in [0.1, 0.15) is 43.2 Å². The monoisotopic (exact) mass is 545 g/mol. The van der Waals surface area contributed by atoms with Gasteiger partial charge in [0.05, 0.1) is 17.1 Å². The van der Waals surface area contributed by atoms with E-state index in [0.29, 0.717) is 11.9 Å². The third-order valence-electron chi connectivity index (χ3n) is 6.34. The van der Waals surface area contributed by atoms with Gasteiger partial charge in [0.2, 0.25) is 5.91 Å². The lowest BCUT2D eigenvalue weighted by molar-refractivity contribution is -0.116. The lowest BCUT2D eigenvalue weighted by Gasteiger charge is -2.23. The molecule has 4 aromatic rings. The Bertz CT molecular complexity index is 1530. The van der Waals surface area contributed by atoms with Crippen LogP contribution in [0.4, 0.5) is 25.1 Å². The van der Waals surface area contributed by atoms with E-state index in [2.05, 4.69) is 10.6 Å². The number of benzene rings is 3. The van der Waals surface area contributed by atoms with E-state index in [-0.39, 0.29) is 24.2 Å². The van der Waals surface area contributed by atoms with Crippen molar-refractivity contribution in [3.8, 4) is 5.69 Å². The molecule has 0 bridgehead atoms. The second kappa shape index (κ2) is 11.7. The van der Waals surface area contributed by atoms with Gasteiger partial charge in [-0.15, -0.1) is 0 Å². The average Bonchev–Trinajstić information content (AvgIpc) is 3.30. The Morgan fingerprint density at radius 2 is 1.65 bits per heavy atom. The second-order valence-corrected chi connectivity index (χ2v) is 10.8. The molecule has 1 heterocycles. The standard InChI is InChI=1S/C31H33F2N5O2/c1-20-11-14-26(21(2)15-20)38-28(17-27(36-38)31(3,4)5)35-29(39)19-37(18-22-9-7-6-8-10-22)30(40)34-25-13-12-23(32)16-24(25)33/h6-17H,18-19H2,1-5H3,(H,34,40)(H,35,39). The topological polar surface area (TPSA) is 79.3 Å². The number of amides is 3. The van der Waals surface area contributed by atoms with Crippen LogP contribution in [0.5, 0.6) is 0 Å². The van der Waals surface area contributed by atoms with E-state index < -0.39 is 23.6 Å². The van der Waals surface area contributed by atoms with Crippen molar-refractivity contribution in [2.75, 3.05) is 17.2 Å². The fourth-order valence-corrected chi connectivity index (χ4v) is 4.21. The number of nitrogens with one attached hydrogen (secondary N) is 2. The van der Waals surface area contributed by atoms with Gasteiger partial charge in [-0.05, 0) is 43.2 Å². The molecular formula is C31H33F2N5O2. The third kappa shape index (κ3) is 6.91. The summed E-state index contributed by atoms with van der Waals surface area (Å²) >= 11 is 0. The number of anilines is 2. The molecule has 3 aromatic carbocycles. The molecule has 0 fully saturated rings. The van der Waals surface area contributed by atoms with Gasteiger partial charge in [0.25, 0.3) is 0 Å². The molecular weight excluding hydrogens is 512 g/mol. The molecule has 0 unspecified atom stereocenters. The SMILES string of the molecule is Cc1ccc(-n2nc(C(C)(C)C)cc2NC(=O)CN(Cc2ccccc2)C(=O)Nc2ccc(F)cc2F)c(C)c1. The first-order valence-corrected chi connectivity index (χ1v) is 12.9. The van der Waals surface area contributed by atoms with Gasteiger partial charge in [0.1, 0.15) is 24.0 Å². The zero-order valence-corrected chi connectivity index (χ0v) is 23.3. The van der Waals surface area contributed by atoms with Crippen molar-refractivity contribution in [3.63, 3.8) is 0 Å². The Hall–Kier alpha value is -4.53. The molecule has 2 N–H and O–H groups in total. The molecule has 0 aliphatic heterocycles. The average molecular weight is 546 g/mol. The highest BCUT2D eigenvalue weighted by Crippen LogP contribution is 2.28. The van der Waals surface area contributed by atoms with Gasteiger partial charge in [-0.25, -0.2) is 18.3 Å². The molecule has 0 radical (unpaired) electrons. The summed E-state index contributed by atoms with van der Waals surface area (Å²) in [5.41, 5.74) is 4.02. The van der Waals surface area contributed by atoms with Crippen molar-refractivity contribution in [3.05, 3.63) is 107 Å². The minimum absolute atomic E-state index is 0.0898. The number of carbonyl (C=O) groups excluding carboxylic acids is 2. The maximum atomic E-state index is 14.3. The molecule has 0 spiro atoms. The first-order valence-electron chi connectivity index (χ1n) is 12.9. The first kappa shape index (κ1) is 28.5. The molecule has 208 valence electrons. The highest BCUT2D eigenvalue weighted by atomic mass is 19.1. The van der Waals surface area contributed by atoms with Gasteiger partial charge in [0, 0.05) is 24.1 Å². The number of carbonyl (C=O) groups is 2. The lowest BCUT2D eigenvalue weighted by atomic mass is 9.92. The van der Waals surface area contributed by atoms with Crippen LogP contribution < -0.4 is 10.6 Å². The minimum Gasteiger partial charge on any atom is -0.311 e. The van der Waals surface area contributed by atoms with E-state index >= 15 is 0 Å². The molecule has 0 atom stereocenters. The first-order chi connectivity index (χ1) is 18.9. The summed E-state index contributed by atoms with van der Waals surface area (Å²) in [6.45, 7) is 9.86. The van der Waals surface area contributed by atoms with E-state index in [1.807, 2.05) is 89.2 Å². The Morgan fingerprint density at radius 3 is 2.30 bits per heavy atom. The number of halogens is 2. The summed E-state index contributed by atoms with van der Waals surface area (Å²) < 4.78 is 29.3. The molecule has 0 saturated carbocycles. The zero-order chi connectivity index (χ0) is 29.0. The third-order valence-corrected chi connectivity index (χ3v) is 6.34. The Labute approximate surface area is 232 Å². The Morgan fingerprint density at radius 1 is 0.925 bits per heavy atom. The summed E-state index contributed by atoms with van der Waals surface area (Å²) in [6.07, 6.45) is 0. The molecule has 1 aromatic heterocycles. The number of hydrogen-bond donors (Lipinski definition) is 2. The smallest absolute Gasteiger partial charge is 0.311 e. The second-order valence-electron chi connectivity index (χ2n) is 10.8. The summed E-state index contributed by atoms with van der Waals surface area (Å²) in [6, 6.07) is 19.1. The highest BCUT2D eigenvalue weighted by molar-refractivity contribution is 5.96. The van der Waals surface area contributed by atoms with E-state index in [1.54, 1.807) is 4.68 Å². The Balaban J connectivity index is 1.61. The van der Waals surface area contributed by atoms with Gasteiger partial charge < -0.3 is 15.5 Å². The van der Waals surface area contributed by atoms with Crippen LogP contribution in [0.25, 0.3) is 5.69 Å². The normalized spacial score (nSPS) is 11.3. The van der Waals surface area contributed by atoms with Crippen molar-refractivity contribution in [2.24, 2.45) is 0 Å². The van der Waals surface area contributed by atoms with Crippen LogP contribution in [0, 0.1) is 25.5 Å². The molecule has 9 heteroatoms. The molecule has 3 amide bonds. The summed E-state index contributed by atoms with van der Waals surface area (Å²) in [5.74, 6) is -1.67. The molecule has 4 rings (SSSR count). The van der Waals surface area contributed by atoms with Crippen LogP contribution in [0.15, 0.2) is 72.8 Å². The predicted octanol–water partition coefficient (Wildman–Crippen LogP) is 6.74. The minimum atomic E-state index is -0.912. The summed E-state index contributed by atoms with van der Waals surface area (Å²) in [4.78, 5) is 27.8. The van der Waals surface area contributed by atoms with Gasteiger partial charge in [-0.2, -0.15) is 5.10 Å². The quantitative estimate of drug-likeness (QED) is 0.270. The largest absolute Gasteiger partial charge is 0.322 e. The predicted molar refractivity (Wildman–Crippen MR) is 153 cm³/mol. The van der Waals surface area contributed by atoms with E-state index in [9.17, 15) is 18.4 Å². The van der Waals surface area contributed by atoms with Crippen LogP contribution >= 0.6 is 0 Å². The van der Waals surface area contributed by atoms with E-state index in [1.165, 1.54) is 4.90 Å². The Kier molecular flexibility index (Phi) is 8.32. The van der Waals surface area contributed by atoms with Crippen molar-refractivity contribution in [1.29, 1.82) is 0 Å². The van der Waals surface area contributed by atoms with Gasteiger partial charge in [0.15, 0.2) is 0 Å². The molecule has 0 aliphatic rings. The van der Waals surface area contributed by atoms with Crippen LogP contribution in [-0.2, 0) is 16.8 Å². The fraction of sp³-hybridized carbons (Fsp3) is 0.258. The van der Waals surface area contributed by atoms with Crippen molar-refractivity contribution >= 4 is 23.4 Å². The van der Waals surface area contributed by atoms with Crippen molar-refractivity contribution in [2.45, 2.75) is 46.6 Å². The van der Waals surface area contributed by atoms with Gasteiger partial charge in [-0.1, -0.05) is 68.8 Å². The lowest BCUT2D eigenvalue weighted by Crippen LogP contribution is -2.40. The number of nitrogens with zero attached hydrogens (tertiary/aromatic N) is 3. The molecule has 0 aliphatic carbocycles. The van der Waals surface area contributed by atoms with Gasteiger partial charge >= 0.3 is 6.03 Å². The number of urea groups is 1. The zero-order valence-electron chi connectivity index (χ0n) is 23.3. The summed E-state index contributed by atoms with van der Waals surface area (Å²) in [7, 11) is 0. The van der Waals surface area contributed by atoms with Crippen molar-refractivity contribution < 1.29 is 18.4 Å². The van der Waals surface area contributed by atoms with Crippen molar-refractivity contribution in [1.82, 2.24) is 14.7 Å². The molecule has 7 nitrogen and oxygen atoms in total. The van der Waals surface area contributed by atoms with Crippen LogP contribution in [0.3, 0.4) is 0 Å². The highest BCUT2D eigenvalue weighted by Gasteiger charge is 2.24. The van der Waals surface area contributed by atoms with E-state index in [0.717, 1.165) is 40.2 Å². The number of rotatable bonds is 7. The molecule has 40 heavy (non-hydrogen) atoms. The number of aryl methyl sites for hydroxylation is 2.